The van der Waals surface area contributed by atoms with Crippen molar-refractivity contribution in [2.75, 3.05) is 39.6 Å². The molecule has 2 unspecified atom stereocenters. The van der Waals surface area contributed by atoms with Gasteiger partial charge < -0.3 is 33.8 Å². The number of aliphatic hydroxyl groups excluding tert-OH is 1. The van der Waals surface area contributed by atoms with E-state index in [4.69, 9.17) is 37.0 Å². The van der Waals surface area contributed by atoms with E-state index >= 15 is 0 Å². The predicted octanol–water partition coefficient (Wildman–Crippen LogP) is 17.2. The Labute approximate surface area is 492 Å². The van der Waals surface area contributed by atoms with Crippen molar-refractivity contribution in [1.82, 2.24) is 0 Å². The number of phosphoric acid groups is 2. The molecular weight excluding hydrogens is 1080 g/mol. The highest BCUT2D eigenvalue weighted by Gasteiger charge is 2.30. The first kappa shape index (κ1) is 79.1. The summed E-state index contributed by atoms with van der Waals surface area (Å²) in [6.07, 6.45) is 42.1. The van der Waals surface area contributed by atoms with Gasteiger partial charge in [-0.1, -0.05) is 265 Å². The van der Waals surface area contributed by atoms with E-state index in [-0.39, 0.29) is 25.7 Å². The molecule has 17 nitrogen and oxygen atoms in total. The van der Waals surface area contributed by atoms with E-state index in [0.717, 1.165) is 89.9 Å². The van der Waals surface area contributed by atoms with Crippen molar-refractivity contribution in [3.63, 3.8) is 0 Å². The molecule has 5 atom stereocenters. The predicted molar refractivity (Wildman–Crippen MR) is 322 cm³/mol. The molecule has 0 aromatic carbocycles. The van der Waals surface area contributed by atoms with Crippen molar-refractivity contribution < 1.29 is 80.2 Å². The van der Waals surface area contributed by atoms with Crippen molar-refractivity contribution in [2.45, 2.75) is 335 Å². The molecule has 81 heavy (non-hydrogen) atoms. The summed E-state index contributed by atoms with van der Waals surface area (Å²) >= 11 is 0. The summed E-state index contributed by atoms with van der Waals surface area (Å²) in [5.41, 5.74) is 0. The topological polar surface area (TPSA) is 237 Å². The van der Waals surface area contributed by atoms with Gasteiger partial charge >= 0.3 is 39.5 Å². The Bertz CT molecular complexity index is 1570. The number of ether oxygens (including phenoxy) is 4. The zero-order valence-electron chi connectivity index (χ0n) is 51.7. The number of hydrogen-bond donors (Lipinski definition) is 3. The average molecular weight is 1200 g/mol. The lowest BCUT2D eigenvalue weighted by molar-refractivity contribution is -0.161. The maximum absolute atomic E-state index is 12.9. The molecule has 0 radical (unpaired) electrons. The third-order valence-corrected chi connectivity index (χ3v) is 16.3. The first-order valence-corrected chi connectivity index (χ1v) is 35.8. The molecule has 0 rings (SSSR count). The van der Waals surface area contributed by atoms with Crippen LogP contribution in [0, 0.1) is 0 Å². The number of esters is 4. The molecular formula is C62H120O17P2. The fourth-order valence-electron chi connectivity index (χ4n) is 9.28. The van der Waals surface area contributed by atoms with Crippen LogP contribution >= 0.6 is 15.6 Å². The van der Waals surface area contributed by atoms with Gasteiger partial charge in [0, 0.05) is 25.7 Å². The summed E-state index contributed by atoms with van der Waals surface area (Å²) in [5.74, 6) is -2.15. The van der Waals surface area contributed by atoms with E-state index in [1.54, 1.807) is 0 Å². The highest BCUT2D eigenvalue weighted by molar-refractivity contribution is 7.47. The summed E-state index contributed by atoms with van der Waals surface area (Å²) in [5, 5.41) is 10.5. The van der Waals surface area contributed by atoms with E-state index in [0.29, 0.717) is 25.7 Å². The molecule has 0 amide bonds. The quantitative estimate of drug-likeness (QED) is 0.0222. The van der Waals surface area contributed by atoms with E-state index in [2.05, 4.69) is 27.7 Å². The SMILES string of the molecule is CCCCCCCCCCCCCCCC(=O)OC[C@H](COP(=O)(O)OC[C@@H](O)COP(=O)(O)OC[C@@H](COC(=O)CCCCCC)OC(=O)CCCCCCCCCCCCCCC)OC(=O)CCCCCCCCCCCCC. The third kappa shape index (κ3) is 56.9. The minimum atomic E-state index is -4.94. The molecule has 3 N–H and O–H groups in total. The number of hydrogen-bond acceptors (Lipinski definition) is 15. The summed E-state index contributed by atoms with van der Waals surface area (Å²) in [6.45, 7) is 4.76. The van der Waals surface area contributed by atoms with Gasteiger partial charge in [0.1, 0.15) is 19.3 Å². The Morgan fingerprint density at radius 2 is 0.494 bits per heavy atom. The Morgan fingerprint density at radius 3 is 0.741 bits per heavy atom. The van der Waals surface area contributed by atoms with Gasteiger partial charge in [-0.05, 0) is 25.7 Å². The third-order valence-electron chi connectivity index (χ3n) is 14.4. The standard InChI is InChI=1S/C62H120O17P2/c1-5-9-13-17-20-23-26-28-31-33-36-39-43-47-60(65)73-53-58(79-62(67)48-44-40-37-34-30-25-22-19-15-11-7-3)55-77-81(70,71)75-51-56(63)50-74-80(68,69)76-54-57(52-72-59(64)46-42-16-12-8-4)78-61(66)49-45-41-38-35-32-29-27-24-21-18-14-10-6-2/h56-58,63H,5-55H2,1-4H3,(H,68,69)(H,70,71)/t56-,57+,58+/m0/s1. The van der Waals surface area contributed by atoms with Gasteiger partial charge in [0.15, 0.2) is 12.2 Å². The summed E-state index contributed by atoms with van der Waals surface area (Å²) in [7, 11) is -9.87. The van der Waals surface area contributed by atoms with Crippen LogP contribution in [0.4, 0.5) is 0 Å². The first-order valence-electron chi connectivity index (χ1n) is 32.8. The number of aliphatic hydroxyl groups is 1. The lowest BCUT2D eigenvalue weighted by Gasteiger charge is -2.21. The fraction of sp³-hybridized carbons (Fsp3) is 0.935. The molecule has 0 spiro atoms. The summed E-state index contributed by atoms with van der Waals surface area (Å²) in [4.78, 5) is 71.8. The Kier molecular flexibility index (Phi) is 55.8. The molecule has 0 heterocycles. The molecule has 19 heteroatoms. The smallest absolute Gasteiger partial charge is 0.462 e. The zero-order chi connectivity index (χ0) is 59.8. The molecule has 0 aliphatic carbocycles. The monoisotopic (exact) mass is 1200 g/mol. The van der Waals surface area contributed by atoms with E-state index in [9.17, 15) is 43.2 Å². The Balaban J connectivity index is 5.13. The second-order valence-corrected chi connectivity index (χ2v) is 25.4. The van der Waals surface area contributed by atoms with Gasteiger partial charge in [-0.3, -0.25) is 37.3 Å². The number of carbonyl (C=O) groups is 4. The van der Waals surface area contributed by atoms with E-state index in [1.807, 2.05) is 0 Å². The molecule has 480 valence electrons. The average Bonchev–Trinajstić information content (AvgIpc) is 3.44. The van der Waals surface area contributed by atoms with Crippen molar-refractivity contribution in [2.24, 2.45) is 0 Å². The molecule has 0 fully saturated rings. The molecule has 0 aromatic rings. The zero-order valence-corrected chi connectivity index (χ0v) is 53.5. The number of unbranched alkanes of at least 4 members (excludes halogenated alkanes) is 37. The van der Waals surface area contributed by atoms with Crippen LogP contribution in [0.15, 0.2) is 0 Å². The van der Waals surface area contributed by atoms with Gasteiger partial charge in [-0.2, -0.15) is 0 Å². The van der Waals surface area contributed by atoms with Crippen LogP contribution in [-0.4, -0.2) is 96.7 Å². The van der Waals surface area contributed by atoms with E-state index < -0.39 is 97.5 Å². The van der Waals surface area contributed by atoms with Crippen LogP contribution in [0.25, 0.3) is 0 Å². The molecule has 0 aliphatic heterocycles. The molecule has 0 saturated carbocycles. The number of rotatable bonds is 63. The van der Waals surface area contributed by atoms with Crippen molar-refractivity contribution in [3.05, 3.63) is 0 Å². The number of carbonyl (C=O) groups excluding carboxylic acids is 4. The van der Waals surface area contributed by atoms with Gasteiger partial charge in [-0.15, -0.1) is 0 Å². The van der Waals surface area contributed by atoms with Crippen LogP contribution in [0.5, 0.6) is 0 Å². The minimum Gasteiger partial charge on any atom is -0.462 e. The molecule has 0 bridgehead atoms. The molecule has 0 saturated heterocycles. The van der Waals surface area contributed by atoms with Crippen LogP contribution in [0.2, 0.25) is 0 Å². The van der Waals surface area contributed by atoms with Gasteiger partial charge in [0.2, 0.25) is 0 Å². The maximum Gasteiger partial charge on any atom is 0.472 e. The molecule has 0 aliphatic rings. The highest BCUT2D eigenvalue weighted by Crippen LogP contribution is 2.45. The van der Waals surface area contributed by atoms with Crippen LogP contribution in [0.3, 0.4) is 0 Å². The molecule has 0 aromatic heterocycles. The van der Waals surface area contributed by atoms with Gasteiger partial charge in [-0.25, -0.2) is 9.13 Å². The summed E-state index contributed by atoms with van der Waals surface area (Å²) < 4.78 is 67.7. The fourth-order valence-corrected chi connectivity index (χ4v) is 10.9. The highest BCUT2D eigenvalue weighted by atomic mass is 31.2. The second kappa shape index (κ2) is 57.2. The maximum atomic E-state index is 12.9. The van der Waals surface area contributed by atoms with Crippen LogP contribution < -0.4 is 0 Å². The van der Waals surface area contributed by atoms with E-state index in [1.165, 1.54) is 148 Å². The first-order chi connectivity index (χ1) is 39.2. The van der Waals surface area contributed by atoms with Gasteiger partial charge in [0.05, 0.1) is 26.4 Å². The Hall–Kier alpha value is -1.94. The van der Waals surface area contributed by atoms with Crippen LogP contribution in [0.1, 0.15) is 317 Å². The normalized spacial score (nSPS) is 14.2. The summed E-state index contributed by atoms with van der Waals surface area (Å²) in [6, 6.07) is 0. The van der Waals surface area contributed by atoms with Crippen molar-refractivity contribution >= 4 is 39.5 Å². The minimum absolute atomic E-state index is 0.107. The van der Waals surface area contributed by atoms with Crippen molar-refractivity contribution in [3.8, 4) is 0 Å². The van der Waals surface area contributed by atoms with Crippen LogP contribution in [-0.2, 0) is 65.4 Å². The van der Waals surface area contributed by atoms with Crippen molar-refractivity contribution in [1.29, 1.82) is 0 Å². The number of phosphoric ester groups is 2. The largest absolute Gasteiger partial charge is 0.472 e. The lowest BCUT2D eigenvalue weighted by Crippen LogP contribution is -2.30. The second-order valence-electron chi connectivity index (χ2n) is 22.4. The van der Waals surface area contributed by atoms with Gasteiger partial charge in [0.25, 0.3) is 0 Å². The lowest BCUT2D eigenvalue weighted by atomic mass is 10.0. The Morgan fingerprint density at radius 1 is 0.296 bits per heavy atom.